The Hall–Kier alpha value is -5.02. The zero-order valence-electron chi connectivity index (χ0n) is 29.1. The second-order valence-corrected chi connectivity index (χ2v) is 15.8. The van der Waals surface area contributed by atoms with Crippen molar-refractivity contribution in [3.8, 4) is 0 Å². The number of thiophene rings is 2. The molecule has 8 rings (SSSR count). The lowest BCUT2D eigenvalue weighted by atomic mass is 9.84. The van der Waals surface area contributed by atoms with Crippen LogP contribution in [-0.4, -0.2) is 71.9 Å². The topological polar surface area (TPSA) is 134 Å². The molecule has 0 unspecified atom stereocenters. The van der Waals surface area contributed by atoms with Gasteiger partial charge in [0.15, 0.2) is 0 Å². The lowest BCUT2D eigenvalue weighted by molar-refractivity contribution is -0.135. The van der Waals surface area contributed by atoms with Gasteiger partial charge in [-0.1, -0.05) is 60.7 Å². The number of hydrogen-bond donors (Lipinski definition) is 0. The third kappa shape index (κ3) is 4.50. The van der Waals surface area contributed by atoms with Gasteiger partial charge in [-0.25, -0.2) is 29.4 Å². The van der Waals surface area contributed by atoms with Crippen LogP contribution in [0.1, 0.15) is 64.8 Å². The molecule has 6 heterocycles. The number of benzene rings is 2. The van der Waals surface area contributed by atoms with E-state index >= 15 is 0 Å². The lowest BCUT2D eigenvalue weighted by Gasteiger charge is -2.35. The summed E-state index contributed by atoms with van der Waals surface area (Å²) < 4.78 is 10.2. The zero-order chi connectivity index (χ0) is 36.9. The van der Waals surface area contributed by atoms with Crippen molar-refractivity contribution < 1.29 is 38.2 Å². The smallest absolute Gasteiger partial charge is 0.341 e. The number of aryl methyl sites for hydroxylation is 2. The number of rotatable bonds is 6. The zero-order valence-corrected chi connectivity index (χ0v) is 30.7. The Morgan fingerprint density at radius 1 is 0.538 bits per heavy atom. The lowest BCUT2D eigenvalue weighted by Crippen LogP contribution is -2.50. The second kappa shape index (κ2) is 12.3. The van der Waals surface area contributed by atoms with Crippen molar-refractivity contribution in [3.63, 3.8) is 0 Å². The average molecular weight is 739 g/mol. The van der Waals surface area contributed by atoms with Gasteiger partial charge in [0.05, 0.1) is 49.3 Å². The summed E-state index contributed by atoms with van der Waals surface area (Å²) in [5.41, 5.74) is 2.90. The van der Waals surface area contributed by atoms with Gasteiger partial charge in [-0.05, 0) is 49.9 Å². The second-order valence-electron chi connectivity index (χ2n) is 13.3. The molecule has 2 aromatic carbocycles. The van der Waals surface area contributed by atoms with Gasteiger partial charge < -0.3 is 9.47 Å². The van der Waals surface area contributed by atoms with Gasteiger partial charge in [0.1, 0.15) is 22.1 Å². The van der Waals surface area contributed by atoms with Crippen LogP contribution in [0.5, 0.6) is 0 Å². The number of imide groups is 2. The summed E-state index contributed by atoms with van der Waals surface area (Å²) >= 11 is 2.34. The standard InChI is InChI=1S/C38H34N4O8S2/c1-17-19(3)51-35(23(17)37(47)49-5)39-31(43)25-27(21-13-9-7-10-14-21)42-30-26(28(22-15-11-8-12-16-22)41(42)29(25)33(39)45)32(44)40(34(30)46)36-24(38(48)50-6)18(2)20(4)52-36/h7-16,25-30H,1-6H3/t25-,26+,27-,28+,29-,30-/m1/s1. The highest BCUT2D eigenvalue weighted by Crippen LogP contribution is 2.60. The third-order valence-electron chi connectivity index (χ3n) is 10.9. The molecule has 266 valence electrons. The molecule has 12 nitrogen and oxygen atoms in total. The maximum atomic E-state index is 14.9. The largest absolute Gasteiger partial charge is 0.465 e. The summed E-state index contributed by atoms with van der Waals surface area (Å²) in [5, 5.41) is 3.93. The Balaban J connectivity index is 1.33. The minimum absolute atomic E-state index is 0.154. The van der Waals surface area contributed by atoms with E-state index in [0.29, 0.717) is 22.3 Å². The quantitative estimate of drug-likeness (QED) is 0.195. The van der Waals surface area contributed by atoms with Crippen LogP contribution >= 0.6 is 22.7 Å². The first-order chi connectivity index (χ1) is 24.9. The van der Waals surface area contributed by atoms with Crippen molar-refractivity contribution in [2.24, 2.45) is 11.8 Å². The molecule has 6 atom stereocenters. The first-order valence-corrected chi connectivity index (χ1v) is 18.4. The molecule has 14 heteroatoms. The third-order valence-corrected chi connectivity index (χ3v) is 13.3. The molecule has 52 heavy (non-hydrogen) atoms. The molecule has 4 fully saturated rings. The number of carbonyl (C=O) groups is 6. The number of ether oxygens (including phenoxy) is 2. The molecule has 0 saturated carbocycles. The van der Waals surface area contributed by atoms with Gasteiger partial charge in [0.25, 0.3) is 11.8 Å². The first-order valence-electron chi connectivity index (χ1n) is 16.7. The van der Waals surface area contributed by atoms with Gasteiger partial charge in [0, 0.05) is 9.75 Å². The molecular weight excluding hydrogens is 705 g/mol. The number of methoxy groups -OCH3 is 2. The SMILES string of the molecule is COC(=O)c1c(N2C(=O)[C@@H]3[C@H](C2=O)N2[C@H](c4ccccc4)[C@H]4C(=O)N(c5sc(C)c(C)c5C(=O)OC)C(=O)[C@@H]4N2[C@H]3c2ccccc2)sc(C)c1C. The van der Waals surface area contributed by atoms with Gasteiger partial charge in [-0.3, -0.25) is 19.2 Å². The number of hydrogen-bond acceptors (Lipinski definition) is 12. The van der Waals surface area contributed by atoms with E-state index in [2.05, 4.69) is 0 Å². The van der Waals surface area contributed by atoms with Crippen molar-refractivity contribution in [2.75, 3.05) is 24.0 Å². The number of esters is 2. The van der Waals surface area contributed by atoms with Crippen LogP contribution in [0.15, 0.2) is 60.7 Å². The molecule has 0 radical (unpaired) electrons. The van der Waals surface area contributed by atoms with Crippen molar-refractivity contribution in [3.05, 3.63) is 104 Å². The molecular formula is C38H34N4O8S2. The van der Waals surface area contributed by atoms with E-state index < -0.39 is 71.6 Å². The molecule has 4 aliphatic heterocycles. The molecule has 4 aromatic rings. The number of amides is 4. The summed E-state index contributed by atoms with van der Waals surface area (Å²) in [5.74, 6) is -5.45. The molecule has 2 aromatic heterocycles. The van der Waals surface area contributed by atoms with E-state index in [1.54, 1.807) is 23.9 Å². The van der Waals surface area contributed by atoms with Crippen LogP contribution in [0, 0.1) is 39.5 Å². The molecule has 0 spiro atoms. The Morgan fingerprint density at radius 2 is 0.885 bits per heavy atom. The average Bonchev–Trinajstić information content (AvgIpc) is 3.93. The molecule has 4 amide bonds. The van der Waals surface area contributed by atoms with Crippen LogP contribution in [-0.2, 0) is 28.7 Å². The van der Waals surface area contributed by atoms with Gasteiger partial charge in [-0.2, -0.15) is 0 Å². The van der Waals surface area contributed by atoms with E-state index in [9.17, 15) is 28.8 Å². The van der Waals surface area contributed by atoms with Crippen molar-refractivity contribution in [1.82, 2.24) is 10.0 Å². The molecule has 0 bridgehead atoms. The normalized spacial score (nSPS) is 25.6. The first kappa shape index (κ1) is 34.1. The number of nitrogens with zero attached hydrogens (tertiary/aromatic N) is 4. The van der Waals surface area contributed by atoms with Gasteiger partial charge >= 0.3 is 11.9 Å². The summed E-state index contributed by atoms with van der Waals surface area (Å²) in [6, 6.07) is 14.5. The van der Waals surface area contributed by atoms with Crippen LogP contribution < -0.4 is 9.80 Å². The molecule has 0 aliphatic carbocycles. The maximum Gasteiger partial charge on any atom is 0.341 e. The van der Waals surface area contributed by atoms with Crippen LogP contribution in [0.2, 0.25) is 0 Å². The van der Waals surface area contributed by atoms with Gasteiger partial charge in [0.2, 0.25) is 11.8 Å². The summed E-state index contributed by atoms with van der Waals surface area (Å²) in [7, 11) is 2.50. The minimum Gasteiger partial charge on any atom is -0.465 e. The van der Waals surface area contributed by atoms with E-state index in [1.165, 1.54) is 36.9 Å². The Kier molecular flexibility index (Phi) is 8.06. The minimum atomic E-state index is -1.10. The number of fused-ring (bicyclic) bond motifs is 5. The molecule has 4 aliphatic rings. The van der Waals surface area contributed by atoms with E-state index in [-0.39, 0.29) is 21.1 Å². The van der Waals surface area contributed by atoms with E-state index in [1.807, 2.05) is 74.5 Å². The number of carbonyl (C=O) groups excluding carboxylic acids is 6. The number of anilines is 2. The van der Waals surface area contributed by atoms with Crippen molar-refractivity contribution >= 4 is 68.2 Å². The summed E-state index contributed by atoms with van der Waals surface area (Å²) in [6.45, 7) is 7.13. The monoisotopic (exact) mass is 738 g/mol. The Bertz CT molecular complexity index is 2060. The number of hydrazine groups is 1. The Labute approximate surface area is 307 Å². The Morgan fingerprint density at radius 3 is 1.21 bits per heavy atom. The van der Waals surface area contributed by atoms with E-state index in [0.717, 1.165) is 19.6 Å². The van der Waals surface area contributed by atoms with Crippen LogP contribution in [0.25, 0.3) is 0 Å². The summed E-state index contributed by atoms with van der Waals surface area (Å²) in [4.78, 5) is 89.3. The van der Waals surface area contributed by atoms with Crippen LogP contribution in [0.3, 0.4) is 0 Å². The molecule has 0 N–H and O–H groups in total. The van der Waals surface area contributed by atoms with E-state index in [4.69, 9.17) is 9.47 Å². The van der Waals surface area contributed by atoms with Crippen molar-refractivity contribution in [1.29, 1.82) is 0 Å². The molecule has 4 saturated heterocycles. The van der Waals surface area contributed by atoms with Gasteiger partial charge in [-0.15, -0.1) is 22.7 Å². The maximum absolute atomic E-state index is 14.9. The fourth-order valence-electron chi connectivity index (χ4n) is 8.42. The highest BCUT2D eigenvalue weighted by atomic mass is 32.1. The predicted molar refractivity (Wildman–Crippen MR) is 192 cm³/mol. The highest BCUT2D eigenvalue weighted by Gasteiger charge is 2.74. The van der Waals surface area contributed by atoms with Crippen LogP contribution in [0.4, 0.5) is 10.0 Å². The van der Waals surface area contributed by atoms with Crippen molar-refractivity contribution in [2.45, 2.75) is 51.9 Å². The predicted octanol–water partition coefficient (Wildman–Crippen LogP) is 5.06. The fourth-order valence-corrected chi connectivity index (χ4v) is 10.7. The summed E-state index contributed by atoms with van der Waals surface area (Å²) in [6.07, 6.45) is 0. The fraction of sp³-hybridized carbons (Fsp3) is 0.316. The highest BCUT2D eigenvalue weighted by molar-refractivity contribution is 7.17.